The topological polar surface area (TPSA) is 28.3 Å². The van der Waals surface area contributed by atoms with Crippen molar-refractivity contribution in [3.05, 3.63) is 207 Å². The third-order valence-corrected chi connectivity index (χ3v) is 13.5. The molecule has 0 N–H and O–H groups in total. The van der Waals surface area contributed by atoms with E-state index in [0.717, 1.165) is 20.1 Å². The van der Waals surface area contributed by atoms with Crippen LogP contribution < -0.4 is 5.46 Å². The van der Waals surface area contributed by atoms with Gasteiger partial charge in [0.2, 0.25) is 0 Å². The predicted molar refractivity (Wildman–Crippen MR) is 277 cm³/mol. The number of hydrogen-bond acceptors (Lipinski definition) is 2. The van der Waals surface area contributed by atoms with Crippen LogP contribution in [0.4, 0.5) is 0 Å². The smallest absolute Gasteiger partial charge is 0.399 e. The number of hydrogen-bond donors (Lipinski definition) is 0. The molecular weight excluding hydrogens is 1010 g/mol. The predicted octanol–water partition coefficient (Wildman–Crippen LogP) is 15.3. The molecule has 1 aliphatic heterocycles. The van der Waals surface area contributed by atoms with E-state index in [2.05, 4.69) is 267 Å². The second kappa shape index (κ2) is 17.7. The first-order chi connectivity index (χ1) is 30.0. The fourth-order valence-corrected chi connectivity index (χ4v) is 9.87. The van der Waals surface area contributed by atoms with Crippen molar-refractivity contribution in [2.24, 2.45) is 0 Å². The Kier molecular flexibility index (Phi) is 12.1. The molecule has 1 saturated heterocycles. The van der Waals surface area contributed by atoms with E-state index in [9.17, 15) is 0 Å². The Hall–Kier alpha value is -4.97. The molecule has 306 valence electrons. The molecule has 0 radical (unpaired) electrons. The first kappa shape index (κ1) is 42.3. The van der Waals surface area contributed by atoms with Crippen LogP contribution in [0.25, 0.3) is 66.1 Å². The summed E-state index contributed by atoms with van der Waals surface area (Å²) in [4.78, 5) is 0. The Morgan fingerprint density at radius 1 is 0.419 bits per heavy atom. The minimum atomic E-state index is -0.364. The highest BCUT2D eigenvalue weighted by atomic mass is 127. The second-order valence-electron chi connectivity index (χ2n) is 16.4. The average Bonchev–Trinajstić information content (AvgIpc) is 3.87. The molecule has 2 aromatic heterocycles. The van der Waals surface area contributed by atoms with Gasteiger partial charge in [-0.2, -0.15) is 0 Å². The molecule has 0 unspecified atom stereocenters. The van der Waals surface area contributed by atoms with Gasteiger partial charge in [-0.3, -0.25) is 0 Å². The van der Waals surface area contributed by atoms with Crippen molar-refractivity contribution >= 4 is 111 Å². The van der Waals surface area contributed by atoms with Crippen molar-refractivity contribution in [1.29, 1.82) is 0 Å². The number of nitrogens with zero attached hydrogens (tertiary/aromatic N) is 2. The van der Waals surface area contributed by atoms with Crippen LogP contribution in [-0.2, 0) is 9.31 Å². The van der Waals surface area contributed by atoms with Gasteiger partial charge in [0.25, 0.3) is 0 Å². The van der Waals surface area contributed by atoms with Crippen LogP contribution in [0.15, 0.2) is 203 Å². The lowest BCUT2D eigenvalue weighted by Gasteiger charge is -2.32. The zero-order valence-corrected chi connectivity index (χ0v) is 40.2. The molecule has 0 spiro atoms. The Morgan fingerprint density at radius 2 is 0.871 bits per heavy atom. The van der Waals surface area contributed by atoms with E-state index < -0.39 is 0 Å². The van der Waals surface area contributed by atoms with E-state index in [1.165, 1.54) is 64.0 Å². The fourth-order valence-electron chi connectivity index (χ4n) is 8.10. The van der Waals surface area contributed by atoms with Crippen molar-refractivity contribution in [2.75, 3.05) is 0 Å². The summed E-state index contributed by atoms with van der Waals surface area (Å²) in [6.45, 7) is 8.36. The Balaban J connectivity index is 0.000000135. The van der Waals surface area contributed by atoms with Crippen LogP contribution in [-0.4, -0.2) is 27.5 Å². The van der Waals surface area contributed by atoms with E-state index in [4.69, 9.17) is 9.31 Å². The molecule has 1 fully saturated rings. The van der Waals surface area contributed by atoms with Gasteiger partial charge in [0, 0.05) is 45.4 Å². The average molecular weight is 1050 g/mol. The molecule has 4 nitrogen and oxygen atoms in total. The third kappa shape index (κ3) is 8.43. The maximum atomic E-state index is 6.29. The second-order valence-corrected chi connectivity index (χ2v) is 19.5. The van der Waals surface area contributed by atoms with Crippen LogP contribution in [0.5, 0.6) is 0 Å². The van der Waals surface area contributed by atoms with Crippen LogP contribution >= 0.6 is 54.5 Å². The summed E-state index contributed by atoms with van der Waals surface area (Å²) in [6.07, 6.45) is 0. The molecule has 0 saturated carbocycles. The van der Waals surface area contributed by atoms with Crippen LogP contribution in [0.3, 0.4) is 0 Å². The molecule has 8 aromatic carbocycles. The molecule has 0 bridgehead atoms. The van der Waals surface area contributed by atoms with Crippen molar-refractivity contribution in [1.82, 2.24) is 9.13 Å². The lowest BCUT2D eigenvalue weighted by Crippen LogP contribution is -2.41. The summed E-state index contributed by atoms with van der Waals surface area (Å²) < 4.78 is 20.7. The summed E-state index contributed by atoms with van der Waals surface area (Å²) in [6, 6.07) is 68.1. The van der Waals surface area contributed by atoms with Gasteiger partial charge in [-0.25, -0.2) is 0 Å². The number of para-hydroxylation sites is 4. The summed E-state index contributed by atoms with van der Waals surface area (Å²) in [5.74, 6) is 0. The van der Waals surface area contributed by atoms with Crippen molar-refractivity contribution in [3.8, 4) is 22.5 Å². The monoisotopic (exact) mass is 1050 g/mol. The van der Waals surface area contributed by atoms with Gasteiger partial charge in [0.1, 0.15) is 0 Å². The molecule has 8 heteroatoms. The summed E-state index contributed by atoms with van der Waals surface area (Å²) in [7, 11) is -0.364. The van der Waals surface area contributed by atoms with Crippen molar-refractivity contribution < 1.29 is 9.31 Å². The van der Waals surface area contributed by atoms with Crippen LogP contribution in [0, 0.1) is 3.57 Å². The molecule has 0 aliphatic carbocycles. The SMILES string of the molecule is Brc1cccc(-c2ccc3c4ccccc4n(-c4ccccc4)c3c2)c1.Brc1cccc(I)c1.CC1(C)OB(c2ccc3c4ccccc4n(-c4ccccc4)c3c2)OC1(C)C. The molecule has 0 atom stereocenters. The van der Waals surface area contributed by atoms with Gasteiger partial charge < -0.3 is 18.4 Å². The molecule has 3 heterocycles. The maximum Gasteiger partial charge on any atom is 0.494 e. The van der Waals surface area contributed by atoms with E-state index in [1.807, 2.05) is 18.2 Å². The highest BCUT2D eigenvalue weighted by molar-refractivity contribution is 14.1. The van der Waals surface area contributed by atoms with Gasteiger partial charge in [0.05, 0.1) is 33.3 Å². The van der Waals surface area contributed by atoms with Gasteiger partial charge in [-0.05, 0) is 146 Å². The number of aromatic nitrogens is 2. The quantitative estimate of drug-likeness (QED) is 0.130. The standard InChI is InChI=1S/C24H24BNO2.C24H16BrN.C6H4BrI/c1-23(2)24(3,4)28-25(27-23)17-14-15-20-19-12-8-9-13-21(19)26(22(20)16-17)18-10-6-5-7-11-18;25-19-8-6-7-17(15-19)18-13-14-22-21-11-4-5-12-23(21)26(24(22)16-18)20-9-2-1-3-10-20;7-5-2-1-3-6(8)4-5/h5-16H,1-4H3;1-16H;1-4H. The molecule has 0 amide bonds. The number of halogens is 3. The number of rotatable bonds is 4. The minimum absolute atomic E-state index is 0.348. The first-order valence-electron chi connectivity index (χ1n) is 20.7. The molecular formula is C54H44BBr2IN2O2. The van der Waals surface area contributed by atoms with Gasteiger partial charge >= 0.3 is 7.12 Å². The first-order valence-corrected chi connectivity index (χ1v) is 23.3. The van der Waals surface area contributed by atoms with E-state index in [-0.39, 0.29) is 18.3 Å². The third-order valence-electron chi connectivity index (χ3n) is 11.9. The lowest BCUT2D eigenvalue weighted by molar-refractivity contribution is 0.00578. The van der Waals surface area contributed by atoms with Crippen LogP contribution in [0.1, 0.15) is 27.7 Å². The fraction of sp³-hybridized carbons (Fsp3) is 0.111. The van der Waals surface area contributed by atoms with E-state index in [1.54, 1.807) is 0 Å². The Morgan fingerprint density at radius 3 is 1.39 bits per heavy atom. The molecule has 11 rings (SSSR count). The number of fused-ring (bicyclic) bond motifs is 6. The zero-order chi connectivity index (χ0) is 43.0. The van der Waals surface area contributed by atoms with Crippen molar-refractivity contribution in [2.45, 2.75) is 38.9 Å². The Labute approximate surface area is 394 Å². The van der Waals surface area contributed by atoms with Crippen LogP contribution in [0.2, 0.25) is 0 Å². The van der Waals surface area contributed by atoms with Gasteiger partial charge in [-0.1, -0.05) is 147 Å². The molecule has 10 aromatic rings. The van der Waals surface area contributed by atoms with Crippen molar-refractivity contribution in [3.63, 3.8) is 0 Å². The van der Waals surface area contributed by atoms with E-state index in [0.29, 0.717) is 0 Å². The Bertz CT molecular complexity index is 3170. The molecule has 62 heavy (non-hydrogen) atoms. The molecule has 1 aliphatic rings. The normalized spacial score (nSPS) is 14.1. The minimum Gasteiger partial charge on any atom is -0.399 e. The van der Waals surface area contributed by atoms with Gasteiger partial charge in [0.15, 0.2) is 0 Å². The van der Waals surface area contributed by atoms with Gasteiger partial charge in [-0.15, -0.1) is 0 Å². The summed E-state index contributed by atoms with van der Waals surface area (Å²) in [5, 5.41) is 5.05. The lowest BCUT2D eigenvalue weighted by atomic mass is 9.79. The highest BCUT2D eigenvalue weighted by Gasteiger charge is 2.51. The number of benzene rings is 8. The maximum absolute atomic E-state index is 6.29. The highest BCUT2D eigenvalue weighted by Crippen LogP contribution is 2.38. The van der Waals surface area contributed by atoms with E-state index >= 15 is 0 Å². The zero-order valence-electron chi connectivity index (χ0n) is 34.9. The summed E-state index contributed by atoms with van der Waals surface area (Å²) in [5.41, 5.74) is 9.96. The largest absolute Gasteiger partial charge is 0.494 e. The summed E-state index contributed by atoms with van der Waals surface area (Å²) >= 11 is 9.22.